The number of carboxylic acid groups (broad SMARTS) is 1. The number of hydrogen-bond donors (Lipinski definition) is 3. The molecule has 4 N–H and O–H groups in total. The first-order valence-electron chi connectivity index (χ1n) is 5.40. The molecule has 0 unspecified atom stereocenters. The van der Waals surface area contributed by atoms with Crippen LogP contribution >= 0.6 is 0 Å². The number of carboxylic acids is 1. The summed E-state index contributed by atoms with van der Waals surface area (Å²) in [5.41, 5.74) is 4.51. The van der Waals surface area contributed by atoms with Crippen molar-refractivity contribution in [3.63, 3.8) is 0 Å². The van der Waals surface area contributed by atoms with Crippen LogP contribution in [-0.2, 0) is 0 Å². The summed E-state index contributed by atoms with van der Waals surface area (Å²) in [6.07, 6.45) is 0. The molecule has 0 radical (unpaired) electrons. The van der Waals surface area contributed by atoms with Gasteiger partial charge in [0.1, 0.15) is 0 Å². The van der Waals surface area contributed by atoms with E-state index >= 15 is 0 Å². The maximum Gasteiger partial charge on any atom is 0.335 e. The van der Waals surface area contributed by atoms with Crippen molar-refractivity contribution in [3.05, 3.63) is 29.3 Å². The standard InChI is InChI=1S/C10H14N2O2.C2H6/c1-6(2)8-5-7(10(13)14)3-4-9(8)12-11;1-2/h3-6,12H,11H2,1-2H3,(H,13,14);1-2H3. The van der Waals surface area contributed by atoms with Crippen LogP contribution in [0.15, 0.2) is 18.2 Å². The lowest BCUT2D eigenvalue weighted by Crippen LogP contribution is -2.11. The highest BCUT2D eigenvalue weighted by molar-refractivity contribution is 5.88. The summed E-state index contributed by atoms with van der Waals surface area (Å²) in [5.74, 6) is 4.63. The molecule has 4 heteroatoms. The molecule has 0 atom stereocenters. The molecule has 1 rings (SSSR count). The number of hydrazine groups is 1. The summed E-state index contributed by atoms with van der Waals surface area (Å²) in [7, 11) is 0. The second-order valence-electron chi connectivity index (χ2n) is 3.41. The van der Waals surface area contributed by atoms with E-state index < -0.39 is 5.97 Å². The summed E-state index contributed by atoms with van der Waals surface area (Å²) >= 11 is 0. The van der Waals surface area contributed by atoms with E-state index in [1.807, 2.05) is 27.7 Å². The van der Waals surface area contributed by atoms with Gasteiger partial charge in [-0.3, -0.25) is 5.84 Å². The number of benzene rings is 1. The van der Waals surface area contributed by atoms with Gasteiger partial charge in [-0.1, -0.05) is 27.7 Å². The molecule has 1 aromatic rings. The molecule has 90 valence electrons. The van der Waals surface area contributed by atoms with Crippen LogP contribution in [0, 0.1) is 0 Å². The van der Waals surface area contributed by atoms with Gasteiger partial charge in [-0.15, -0.1) is 0 Å². The Balaban J connectivity index is 0.00000106. The van der Waals surface area contributed by atoms with E-state index in [1.54, 1.807) is 12.1 Å². The quantitative estimate of drug-likeness (QED) is 0.545. The molecule has 4 nitrogen and oxygen atoms in total. The second-order valence-corrected chi connectivity index (χ2v) is 3.41. The van der Waals surface area contributed by atoms with Crippen molar-refractivity contribution >= 4 is 11.7 Å². The third kappa shape index (κ3) is 3.55. The van der Waals surface area contributed by atoms with E-state index in [0.29, 0.717) is 0 Å². The third-order valence-electron chi connectivity index (χ3n) is 2.08. The van der Waals surface area contributed by atoms with Crippen LogP contribution < -0.4 is 11.3 Å². The second kappa shape index (κ2) is 6.85. The van der Waals surface area contributed by atoms with Crippen LogP contribution in [-0.4, -0.2) is 11.1 Å². The van der Waals surface area contributed by atoms with Gasteiger partial charge in [0.05, 0.1) is 11.3 Å². The van der Waals surface area contributed by atoms with Crippen LogP contribution in [0.1, 0.15) is 49.5 Å². The molecule has 0 bridgehead atoms. The van der Waals surface area contributed by atoms with Crippen LogP contribution in [0.2, 0.25) is 0 Å². The van der Waals surface area contributed by atoms with Crippen molar-refractivity contribution in [1.82, 2.24) is 0 Å². The molecule has 0 amide bonds. The Kier molecular flexibility index (Phi) is 6.18. The minimum absolute atomic E-state index is 0.236. The molecule has 1 aromatic carbocycles. The Morgan fingerprint density at radius 1 is 1.38 bits per heavy atom. The molecule has 0 saturated heterocycles. The van der Waals surface area contributed by atoms with Gasteiger partial charge < -0.3 is 10.5 Å². The van der Waals surface area contributed by atoms with Gasteiger partial charge >= 0.3 is 5.97 Å². The third-order valence-corrected chi connectivity index (χ3v) is 2.08. The highest BCUT2D eigenvalue weighted by Gasteiger charge is 2.10. The topological polar surface area (TPSA) is 75.3 Å². The van der Waals surface area contributed by atoms with Crippen LogP contribution in [0.4, 0.5) is 5.69 Å². The number of carbonyl (C=O) groups is 1. The maximum absolute atomic E-state index is 10.7. The predicted octanol–water partition coefficient (Wildman–Crippen LogP) is 2.82. The minimum atomic E-state index is -0.921. The van der Waals surface area contributed by atoms with Gasteiger partial charge in [0.15, 0.2) is 0 Å². The van der Waals surface area contributed by atoms with E-state index in [0.717, 1.165) is 11.3 Å². The first kappa shape index (κ1) is 14.5. The van der Waals surface area contributed by atoms with Gasteiger partial charge in [-0.25, -0.2) is 4.79 Å². The first-order valence-corrected chi connectivity index (χ1v) is 5.40. The van der Waals surface area contributed by atoms with Gasteiger partial charge in [0, 0.05) is 0 Å². The lowest BCUT2D eigenvalue weighted by molar-refractivity contribution is 0.0697. The Morgan fingerprint density at radius 2 is 1.94 bits per heavy atom. The molecule has 0 aromatic heterocycles. The summed E-state index contributed by atoms with van der Waals surface area (Å²) in [4.78, 5) is 10.7. The van der Waals surface area contributed by atoms with Crippen molar-refractivity contribution < 1.29 is 9.90 Å². The summed E-state index contributed by atoms with van der Waals surface area (Å²) in [5, 5.41) is 8.80. The zero-order chi connectivity index (χ0) is 12.7. The number of anilines is 1. The Bertz CT molecular complexity index is 349. The fraction of sp³-hybridized carbons (Fsp3) is 0.417. The van der Waals surface area contributed by atoms with Crippen LogP contribution in [0.25, 0.3) is 0 Å². The van der Waals surface area contributed by atoms with Crippen molar-refractivity contribution in [1.29, 1.82) is 0 Å². The summed E-state index contributed by atoms with van der Waals surface area (Å²) < 4.78 is 0. The Hall–Kier alpha value is -1.55. The average molecular weight is 224 g/mol. The molecule has 0 aliphatic rings. The largest absolute Gasteiger partial charge is 0.478 e. The summed E-state index contributed by atoms with van der Waals surface area (Å²) in [6.45, 7) is 7.98. The van der Waals surface area contributed by atoms with Gasteiger partial charge in [-0.05, 0) is 29.7 Å². The number of nitrogens with two attached hydrogens (primary N) is 1. The van der Waals surface area contributed by atoms with E-state index in [-0.39, 0.29) is 11.5 Å². The monoisotopic (exact) mass is 224 g/mol. The fourth-order valence-electron chi connectivity index (χ4n) is 1.30. The molecule has 0 spiro atoms. The van der Waals surface area contributed by atoms with Gasteiger partial charge in [-0.2, -0.15) is 0 Å². The van der Waals surface area contributed by atoms with E-state index in [9.17, 15) is 4.79 Å². The van der Waals surface area contributed by atoms with Crippen LogP contribution in [0.5, 0.6) is 0 Å². The number of aromatic carboxylic acids is 1. The zero-order valence-corrected chi connectivity index (χ0v) is 10.2. The Morgan fingerprint density at radius 3 is 2.31 bits per heavy atom. The SMILES string of the molecule is CC.CC(C)c1cc(C(=O)O)ccc1NN. The highest BCUT2D eigenvalue weighted by atomic mass is 16.4. The molecule has 0 aliphatic carbocycles. The normalized spacial score (nSPS) is 9.38. The minimum Gasteiger partial charge on any atom is -0.478 e. The van der Waals surface area contributed by atoms with Crippen molar-refractivity contribution in [3.8, 4) is 0 Å². The van der Waals surface area contributed by atoms with E-state index in [1.165, 1.54) is 6.07 Å². The fourth-order valence-corrected chi connectivity index (χ4v) is 1.30. The molecule has 0 fully saturated rings. The van der Waals surface area contributed by atoms with E-state index in [2.05, 4.69) is 5.43 Å². The number of nitrogens with one attached hydrogen (secondary N) is 1. The van der Waals surface area contributed by atoms with Gasteiger partial charge in [0.2, 0.25) is 0 Å². The van der Waals surface area contributed by atoms with Gasteiger partial charge in [0.25, 0.3) is 0 Å². The van der Waals surface area contributed by atoms with Crippen molar-refractivity contribution in [2.75, 3.05) is 5.43 Å². The van der Waals surface area contributed by atoms with Crippen molar-refractivity contribution in [2.24, 2.45) is 5.84 Å². The predicted molar refractivity (Wildman–Crippen MR) is 66.6 cm³/mol. The van der Waals surface area contributed by atoms with Crippen molar-refractivity contribution in [2.45, 2.75) is 33.6 Å². The average Bonchev–Trinajstić information content (AvgIpc) is 2.30. The summed E-state index contributed by atoms with van der Waals surface area (Å²) in [6, 6.07) is 4.85. The molecule has 0 aliphatic heterocycles. The molecule has 0 heterocycles. The number of nitrogen functional groups attached to an aromatic ring is 1. The zero-order valence-electron chi connectivity index (χ0n) is 10.2. The lowest BCUT2D eigenvalue weighted by Gasteiger charge is -2.12. The molecule has 0 saturated carbocycles. The molecular formula is C12H20N2O2. The number of hydrogen-bond acceptors (Lipinski definition) is 3. The van der Waals surface area contributed by atoms with E-state index in [4.69, 9.17) is 10.9 Å². The number of rotatable bonds is 3. The smallest absolute Gasteiger partial charge is 0.335 e. The Labute approximate surface area is 96.4 Å². The maximum atomic E-state index is 10.7. The molecule has 16 heavy (non-hydrogen) atoms. The lowest BCUT2D eigenvalue weighted by atomic mass is 9.99. The van der Waals surface area contributed by atoms with Crippen LogP contribution in [0.3, 0.4) is 0 Å². The molecular weight excluding hydrogens is 204 g/mol. The highest BCUT2D eigenvalue weighted by Crippen LogP contribution is 2.24. The first-order chi connectivity index (χ1) is 7.56.